The van der Waals surface area contributed by atoms with Gasteiger partial charge in [-0.2, -0.15) is 0 Å². The van der Waals surface area contributed by atoms with Gasteiger partial charge in [-0.05, 0) is 20.8 Å². The monoisotopic (exact) mass is 398 g/mol. The molecule has 2 aliphatic heterocycles. The summed E-state index contributed by atoms with van der Waals surface area (Å²) in [5.41, 5.74) is -0.746. The number of aliphatic hydroxyl groups excluding tert-OH is 7. The molecule has 0 aliphatic carbocycles. The second-order valence-electron chi connectivity index (χ2n) is 7.73. The zero-order chi connectivity index (χ0) is 20.5. The van der Waals surface area contributed by atoms with E-state index in [0.717, 1.165) is 0 Å². The molecule has 0 aromatic carbocycles. The Morgan fingerprint density at radius 1 is 0.704 bits per heavy atom. The van der Waals surface area contributed by atoms with Crippen molar-refractivity contribution in [2.24, 2.45) is 0 Å². The predicted octanol–water partition coefficient (Wildman–Crippen LogP) is -3.57. The number of rotatable bonds is 5. The van der Waals surface area contributed by atoms with Crippen LogP contribution in [0.25, 0.3) is 0 Å². The molecule has 0 aromatic heterocycles. The molecule has 0 spiro atoms. The summed E-state index contributed by atoms with van der Waals surface area (Å²) in [6, 6.07) is 0. The zero-order valence-corrected chi connectivity index (χ0v) is 15.5. The van der Waals surface area contributed by atoms with Crippen LogP contribution in [0.2, 0.25) is 0 Å². The molecule has 0 radical (unpaired) electrons. The van der Waals surface area contributed by atoms with Gasteiger partial charge >= 0.3 is 0 Å². The van der Waals surface area contributed by atoms with Crippen LogP contribution in [0.5, 0.6) is 0 Å². The maximum Gasteiger partial charge on any atom is 0.187 e. The smallest absolute Gasteiger partial charge is 0.187 e. The lowest BCUT2D eigenvalue weighted by Gasteiger charge is -2.47. The molecular weight excluding hydrogens is 368 g/mol. The molecule has 0 saturated carbocycles. The van der Waals surface area contributed by atoms with Crippen molar-refractivity contribution < 1.29 is 54.7 Å². The topological polar surface area (TPSA) is 179 Å². The van der Waals surface area contributed by atoms with Crippen LogP contribution in [0.4, 0.5) is 0 Å². The summed E-state index contributed by atoms with van der Waals surface area (Å²) < 4.78 is 22.0. The van der Waals surface area contributed by atoms with Crippen molar-refractivity contribution in [3.63, 3.8) is 0 Å². The first-order valence-corrected chi connectivity index (χ1v) is 8.76. The van der Waals surface area contributed by atoms with E-state index < -0.39 is 80.2 Å². The average molecular weight is 398 g/mol. The van der Waals surface area contributed by atoms with Crippen LogP contribution >= 0.6 is 0 Å². The fraction of sp³-hybridized carbons (Fsp3) is 1.00. The molecule has 0 aromatic rings. The Balaban J connectivity index is 2.21. The summed E-state index contributed by atoms with van der Waals surface area (Å²) in [4.78, 5) is 0. The molecule has 27 heavy (non-hydrogen) atoms. The van der Waals surface area contributed by atoms with Crippen LogP contribution < -0.4 is 0 Å². The highest BCUT2D eigenvalue weighted by molar-refractivity contribution is 4.94. The van der Waals surface area contributed by atoms with Gasteiger partial charge in [-0.3, -0.25) is 0 Å². The maximum atomic E-state index is 10.4. The Morgan fingerprint density at radius 3 is 1.67 bits per heavy atom. The van der Waals surface area contributed by atoms with Crippen molar-refractivity contribution in [2.45, 2.75) is 87.8 Å². The zero-order valence-electron chi connectivity index (χ0n) is 15.5. The summed E-state index contributed by atoms with van der Waals surface area (Å²) in [6.45, 7) is 3.92. The first kappa shape index (κ1) is 22.8. The lowest BCUT2D eigenvalue weighted by atomic mass is 9.97. The average Bonchev–Trinajstić information content (AvgIpc) is 2.59. The summed E-state index contributed by atoms with van der Waals surface area (Å²) in [5.74, 6) is 0. The molecule has 160 valence electrons. The third-order valence-electron chi connectivity index (χ3n) is 4.43. The van der Waals surface area contributed by atoms with E-state index in [1.807, 2.05) is 0 Å². The van der Waals surface area contributed by atoms with Crippen LogP contribution in [0, 0.1) is 0 Å². The number of hydrogen-bond donors (Lipinski definition) is 7. The SMILES string of the molecule is CC(C)(C)O[C@@H]1O[C@H](CO)[C@@H](O)[C@H](O)[C@H]1O[C@@H]1O[C@H](CO)[C@@H](O)[C@H](O)[C@H]1O. The molecule has 0 bridgehead atoms. The summed E-state index contributed by atoms with van der Waals surface area (Å²) in [5, 5.41) is 68.9. The van der Waals surface area contributed by atoms with Gasteiger partial charge in [0, 0.05) is 0 Å². The van der Waals surface area contributed by atoms with E-state index in [1.165, 1.54) is 0 Å². The number of ether oxygens (including phenoxy) is 4. The Kier molecular flexibility index (Phi) is 7.55. The van der Waals surface area contributed by atoms with E-state index in [-0.39, 0.29) is 0 Å². The molecule has 2 saturated heterocycles. The Bertz CT molecular complexity index is 468. The minimum absolute atomic E-state index is 0.574. The predicted molar refractivity (Wildman–Crippen MR) is 87.2 cm³/mol. The van der Waals surface area contributed by atoms with E-state index in [4.69, 9.17) is 18.9 Å². The molecule has 2 rings (SSSR count). The van der Waals surface area contributed by atoms with E-state index in [9.17, 15) is 35.7 Å². The standard InChI is InChI=1S/C16H30O11/c1-16(2,3)27-15-13(11(22)9(20)7(5-18)25-15)26-14-12(23)10(21)8(19)6(4-17)24-14/h6-15,17-23H,4-5H2,1-3H3/t6-,7-,8-,9-,10+,11+,12-,13-,14+,15+/m1/s1. The summed E-state index contributed by atoms with van der Waals surface area (Å²) in [6.07, 6.45) is -14.5. The lowest BCUT2D eigenvalue weighted by Crippen LogP contribution is -2.65. The minimum atomic E-state index is -1.70. The molecule has 0 unspecified atom stereocenters. The van der Waals surface area contributed by atoms with Gasteiger partial charge in [0.25, 0.3) is 0 Å². The van der Waals surface area contributed by atoms with E-state index in [1.54, 1.807) is 20.8 Å². The van der Waals surface area contributed by atoms with Gasteiger partial charge in [-0.1, -0.05) is 0 Å². The highest BCUT2D eigenvalue weighted by Gasteiger charge is 2.51. The first-order valence-electron chi connectivity index (χ1n) is 8.76. The van der Waals surface area contributed by atoms with Gasteiger partial charge < -0.3 is 54.7 Å². The fourth-order valence-electron chi connectivity index (χ4n) is 2.98. The minimum Gasteiger partial charge on any atom is -0.394 e. The number of aliphatic hydroxyl groups is 7. The Labute approximate surface area is 156 Å². The first-order chi connectivity index (χ1) is 12.5. The molecular formula is C16H30O11. The third-order valence-corrected chi connectivity index (χ3v) is 4.43. The summed E-state index contributed by atoms with van der Waals surface area (Å²) >= 11 is 0. The molecule has 0 amide bonds. The second kappa shape index (κ2) is 8.93. The van der Waals surface area contributed by atoms with Gasteiger partial charge in [0.05, 0.1) is 18.8 Å². The van der Waals surface area contributed by atoms with Crippen molar-refractivity contribution in [2.75, 3.05) is 13.2 Å². The van der Waals surface area contributed by atoms with Crippen LogP contribution in [-0.2, 0) is 18.9 Å². The van der Waals surface area contributed by atoms with Crippen LogP contribution in [-0.4, -0.2) is 116 Å². The van der Waals surface area contributed by atoms with Crippen molar-refractivity contribution in [3.8, 4) is 0 Å². The fourth-order valence-corrected chi connectivity index (χ4v) is 2.98. The Morgan fingerprint density at radius 2 is 1.19 bits per heavy atom. The van der Waals surface area contributed by atoms with Crippen LogP contribution in [0.15, 0.2) is 0 Å². The van der Waals surface area contributed by atoms with Gasteiger partial charge in [0.1, 0.15) is 48.8 Å². The molecule has 2 aliphatic rings. The van der Waals surface area contributed by atoms with Crippen molar-refractivity contribution in [1.29, 1.82) is 0 Å². The summed E-state index contributed by atoms with van der Waals surface area (Å²) in [7, 11) is 0. The van der Waals surface area contributed by atoms with Crippen molar-refractivity contribution >= 4 is 0 Å². The molecule has 10 atom stereocenters. The highest BCUT2D eigenvalue weighted by Crippen LogP contribution is 2.31. The normalized spacial score (nSPS) is 46.4. The van der Waals surface area contributed by atoms with Crippen LogP contribution in [0.3, 0.4) is 0 Å². The third kappa shape index (κ3) is 5.14. The molecule has 11 nitrogen and oxygen atoms in total. The lowest BCUT2D eigenvalue weighted by molar-refractivity contribution is -0.375. The van der Waals surface area contributed by atoms with Crippen LogP contribution in [0.1, 0.15) is 20.8 Å². The Hall–Kier alpha value is -0.440. The van der Waals surface area contributed by atoms with E-state index in [0.29, 0.717) is 0 Å². The number of hydrogen-bond acceptors (Lipinski definition) is 11. The second-order valence-corrected chi connectivity index (χ2v) is 7.73. The molecule has 7 N–H and O–H groups in total. The van der Waals surface area contributed by atoms with Gasteiger partial charge in [0.15, 0.2) is 12.6 Å². The van der Waals surface area contributed by atoms with Gasteiger partial charge in [-0.15, -0.1) is 0 Å². The van der Waals surface area contributed by atoms with E-state index in [2.05, 4.69) is 0 Å². The maximum absolute atomic E-state index is 10.4. The van der Waals surface area contributed by atoms with E-state index >= 15 is 0 Å². The van der Waals surface area contributed by atoms with Crippen molar-refractivity contribution in [3.05, 3.63) is 0 Å². The highest BCUT2D eigenvalue weighted by atomic mass is 16.8. The molecule has 11 heteroatoms. The molecule has 2 fully saturated rings. The quantitative estimate of drug-likeness (QED) is 0.243. The molecule has 2 heterocycles. The van der Waals surface area contributed by atoms with Gasteiger partial charge in [-0.25, -0.2) is 0 Å². The largest absolute Gasteiger partial charge is 0.394 e. The van der Waals surface area contributed by atoms with Gasteiger partial charge in [0.2, 0.25) is 0 Å². The van der Waals surface area contributed by atoms with Crippen molar-refractivity contribution in [1.82, 2.24) is 0 Å².